The van der Waals surface area contributed by atoms with Crippen molar-refractivity contribution in [3.8, 4) is 0 Å². The summed E-state index contributed by atoms with van der Waals surface area (Å²) in [4.78, 5) is 22.5. The third-order valence-corrected chi connectivity index (χ3v) is 1.94. The normalized spacial score (nSPS) is 12.1. The summed E-state index contributed by atoms with van der Waals surface area (Å²) < 4.78 is 9.07. The number of hydrogen-bond donors (Lipinski definition) is 0. The van der Waals surface area contributed by atoms with Gasteiger partial charge in [0.1, 0.15) is 0 Å². The SMILES string of the molecule is C=C(C(=O)OC)C(C(=O)OC)C(C)C. The van der Waals surface area contributed by atoms with Crippen LogP contribution in [0.1, 0.15) is 13.8 Å². The predicted octanol–water partition coefficient (Wildman–Crippen LogP) is 1.16. The Balaban J connectivity index is 4.75. The van der Waals surface area contributed by atoms with Crippen LogP contribution in [-0.4, -0.2) is 26.2 Å². The molecule has 0 saturated carbocycles. The molecule has 1 atom stereocenters. The van der Waals surface area contributed by atoms with Crippen LogP contribution in [0.25, 0.3) is 0 Å². The summed E-state index contributed by atoms with van der Waals surface area (Å²) in [5, 5.41) is 0. The topological polar surface area (TPSA) is 52.6 Å². The van der Waals surface area contributed by atoms with Gasteiger partial charge in [-0.05, 0) is 5.92 Å². The zero-order valence-corrected chi connectivity index (χ0v) is 8.99. The first-order chi connectivity index (χ1) is 6.45. The van der Waals surface area contributed by atoms with Crippen molar-refractivity contribution in [3.63, 3.8) is 0 Å². The van der Waals surface area contributed by atoms with Crippen molar-refractivity contribution in [2.45, 2.75) is 13.8 Å². The van der Waals surface area contributed by atoms with Gasteiger partial charge in [0.05, 0.1) is 20.1 Å². The van der Waals surface area contributed by atoms with E-state index in [9.17, 15) is 9.59 Å². The minimum absolute atomic E-state index is 0.0472. The molecule has 0 aromatic heterocycles. The second-order valence-electron chi connectivity index (χ2n) is 3.26. The Hall–Kier alpha value is -1.32. The summed E-state index contributed by atoms with van der Waals surface area (Å²) in [5.41, 5.74) is 0.134. The van der Waals surface area contributed by atoms with Crippen LogP contribution >= 0.6 is 0 Å². The lowest BCUT2D eigenvalue weighted by Crippen LogP contribution is -2.27. The highest BCUT2D eigenvalue weighted by molar-refractivity contribution is 5.94. The molecule has 0 N–H and O–H groups in total. The lowest BCUT2D eigenvalue weighted by molar-refractivity contribution is -0.148. The van der Waals surface area contributed by atoms with E-state index in [1.54, 1.807) is 0 Å². The molecule has 0 spiro atoms. The van der Waals surface area contributed by atoms with E-state index in [-0.39, 0.29) is 11.5 Å². The van der Waals surface area contributed by atoms with Gasteiger partial charge in [0.15, 0.2) is 0 Å². The van der Waals surface area contributed by atoms with Crippen molar-refractivity contribution < 1.29 is 19.1 Å². The highest BCUT2D eigenvalue weighted by Crippen LogP contribution is 2.21. The molecule has 0 heterocycles. The number of carbonyl (C=O) groups excluding carboxylic acids is 2. The Bertz CT molecular complexity index is 243. The molecule has 0 aliphatic rings. The monoisotopic (exact) mass is 200 g/mol. The van der Waals surface area contributed by atoms with E-state index in [1.165, 1.54) is 14.2 Å². The number of rotatable bonds is 4. The first kappa shape index (κ1) is 12.7. The molecule has 0 rings (SSSR count). The summed E-state index contributed by atoms with van der Waals surface area (Å²) >= 11 is 0. The predicted molar refractivity (Wildman–Crippen MR) is 51.5 cm³/mol. The Morgan fingerprint density at radius 1 is 1.14 bits per heavy atom. The van der Waals surface area contributed by atoms with Gasteiger partial charge in [0.25, 0.3) is 0 Å². The Labute approximate surface area is 83.9 Å². The van der Waals surface area contributed by atoms with Crippen LogP contribution in [0.2, 0.25) is 0 Å². The van der Waals surface area contributed by atoms with Crippen LogP contribution in [0, 0.1) is 11.8 Å². The molecule has 80 valence electrons. The van der Waals surface area contributed by atoms with E-state index >= 15 is 0 Å². The Kier molecular flexibility index (Phi) is 4.91. The van der Waals surface area contributed by atoms with Crippen LogP contribution in [-0.2, 0) is 19.1 Å². The molecule has 0 amide bonds. The molecule has 0 aromatic carbocycles. The van der Waals surface area contributed by atoms with E-state index in [2.05, 4.69) is 16.1 Å². The van der Waals surface area contributed by atoms with Crippen LogP contribution < -0.4 is 0 Å². The van der Waals surface area contributed by atoms with Gasteiger partial charge in [0, 0.05) is 5.57 Å². The van der Waals surface area contributed by atoms with E-state index in [1.807, 2.05) is 13.8 Å². The van der Waals surface area contributed by atoms with E-state index in [4.69, 9.17) is 0 Å². The fourth-order valence-electron chi connectivity index (χ4n) is 1.20. The van der Waals surface area contributed by atoms with E-state index in [0.29, 0.717) is 0 Å². The van der Waals surface area contributed by atoms with Gasteiger partial charge >= 0.3 is 11.9 Å². The van der Waals surface area contributed by atoms with Gasteiger partial charge in [-0.15, -0.1) is 0 Å². The lowest BCUT2D eigenvalue weighted by atomic mass is 9.89. The second-order valence-corrected chi connectivity index (χ2v) is 3.26. The zero-order chi connectivity index (χ0) is 11.3. The fraction of sp³-hybridized carbons (Fsp3) is 0.600. The highest BCUT2D eigenvalue weighted by atomic mass is 16.5. The number of carbonyl (C=O) groups is 2. The average Bonchev–Trinajstić information content (AvgIpc) is 2.15. The molecule has 14 heavy (non-hydrogen) atoms. The standard InChI is InChI=1S/C10H16O4/c1-6(2)8(10(12)14-5)7(3)9(11)13-4/h6,8H,3H2,1-2,4-5H3. The van der Waals surface area contributed by atoms with Crippen molar-refractivity contribution in [2.24, 2.45) is 11.8 Å². The van der Waals surface area contributed by atoms with Crippen LogP contribution in [0.4, 0.5) is 0 Å². The van der Waals surface area contributed by atoms with Gasteiger partial charge in [-0.2, -0.15) is 0 Å². The molecule has 4 heteroatoms. The molecule has 0 aliphatic heterocycles. The zero-order valence-electron chi connectivity index (χ0n) is 8.99. The average molecular weight is 200 g/mol. The van der Waals surface area contributed by atoms with E-state index in [0.717, 1.165) is 0 Å². The molecule has 0 aromatic rings. The summed E-state index contributed by atoms with van der Waals surface area (Å²) in [6.45, 7) is 7.17. The largest absolute Gasteiger partial charge is 0.469 e. The van der Waals surface area contributed by atoms with Gasteiger partial charge in [-0.25, -0.2) is 4.79 Å². The molecular formula is C10H16O4. The van der Waals surface area contributed by atoms with Crippen LogP contribution in [0.3, 0.4) is 0 Å². The van der Waals surface area contributed by atoms with Crippen LogP contribution in [0.5, 0.6) is 0 Å². The first-order valence-corrected chi connectivity index (χ1v) is 4.30. The summed E-state index contributed by atoms with van der Waals surface area (Å²) in [6.07, 6.45) is 0. The van der Waals surface area contributed by atoms with Crippen molar-refractivity contribution in [2.75, 3.05) is 14.2 Å². The van der Waals surface area contributed by atoms with Crippen molar-refractivity contribution >= 4 is 11.9 Å². The third-order valence-electron chi connectivity index (χ3n) is 1.94. The smallest absolute Gasteiger partial charge is 0.334 e. The molecule has 0 radical (unpaired) electrons. The minimum Gasteiger partial charge on any atom is -0.469 e. The minimum atomic E-state index is -0.632. The third kappa shape index (κ3) is 2.87. The highest BCUT2D eigenvalue weighted by Gasteiger charge is 2.30. The summed E-state index contributed by atoms with van der Waals surface area (Å²) in [5.74, 6) is -1.72. The molecule has 0 bridgehead atoms. The van der Waals surface area contributed by atoms with Crippen molar-refractivity contribution in [1.82, 2.24) is 0 Å². The van der Waals surface area contributed by atoms with Crippen LogP contribution in [0.15, 0.2) is 12.2 Å². The number of hydrogen-bond acceptors (Lipinski definition) is 4. The lowest BCUT2D eigenvalue weighted by Gasteiger charge is -2.18. The summed E-state index contributed by atoms with van der Waals surface area (Å²) in [6, 6.07) is 0. The molecule has 0 fully saturated rings. The second kappa shape index (κ2) is 5.42. The maximum absolute atomic E-state index is 11.3. The summed E-state index contributed by atoms with van der Waals surface area (Å²) in [7, 11) is 2.53. The fourth-order valence-corrected chi connectivity index (χ4v) is 1.20. The van der Waals surface area contributed by atoms with Crippen molar-refractivity contribution in [3.05, 3.63) is 12.2 Å². The van der Waals surface area contributed by atoms with Gasteiger partial charge in [0.2, 0.25) is 0 Å². The molecule has 0 saturated heterocycles. The number of esters is 2. The van der Waals surface area contributed by atoms with Gasteiger partial charge < -0.3 is 9.47 Å². The van der Waals surface area contributed by atoms with Crippen molar-refractivity contribution in [1.29, 1.82) is 0 Å². The molecule has 1 unspecified atom stereocenters. The van der Waals surface area contributed by atoms with Gasteiger partial charge in [-0.1, -0.05) is 20.4 Å². The molecular weight excluding hydrogens is 184 g/mol. The molecule has 0 aliphatic carbocycles. The van der Waals surface area contributed by atoms with E-state index < -0.39 is 17.9 Å². The maximum Gasteiger partial charge on any atom is 0.334 e. The Morgan fingerprint density at radius 3 is 1.93 bits per heavy atom. The van der Waals surface area contributed by atoms with Gasteiger partial charge in [-0.3, -0.25) is 4.79 Å². The quantitative estimate of drug-likeness (QED) is 0.504. The first-order valence-electron chi connectivity index (χ1n) is 4.30. The maximum atomic E-state index is 11.3. The number of ether oxygens (including phenoxy) is 2. The number of methoxy groups -OCH3 is 2. The Morgan fingerprint density at radius 2 is 1.64 bits per heavy atom. The molecule has 4 nitrogen and oxygen atoms in total.